The first-order chi connectivity index (χ1) is 7.65. The lowest BCUT2D eigenvalue weighted by molar-refractivity contribution is -0.123. The molecule has 0 aliphatic heterocycles. The van der Waals surface area contributed by atoms with Crippen LogP contribution in [0.2, 0.25) is 0 Å². The van der Waals surface area contributed by atoms with E-state index in [1.165, 1.54) is 0 Å². The Hall–Kier alpha value is -0.690. The van der Waals surface area contributed by atoms with Crippen molar-refractivity contribution in [3.05, 3.63) is 0 Å². The van der Waals surface area contributed by atoms with Gasteiger partial charge in [-0.3, -0.25) is 4.79 Å². The first-order valence-electron chi connectivity index (χ1n) is 5.30. The molecule has 2 unspecified atom stereocenters. The fourth-order valence-electron chi connectivity index (χ4n) is 1.24. The number of ether oxygens (including phenoxy) is 2. The fourth-order valence-corrected chi connectivity index (χ4v) is 1.24. The molecule has 0 aliphatic carbocycles. The third-order valence-corrected chi connectivity index (χ3v) is 2.16. The van der Waals surface area contributed by atoms with Gasteiger partial charge >= 0.3 is 0 Å². The highest BCUT2D eigenvalue weighted by molar-refractivity contribution is 5.81. The Morgan fingerprint density at radius 3 is 2.56 bits per heavy atom. The Morgan fingerprint density at radius 2 is 2.06 bits per heavy atom. The summed E-state index contributed by atoms with van der Waals surface area (Å²) in [5.41, 5.74) is 5.65. The number of methoxy groups -OCH3 is 2. The summed E-state index contributed by atoms with van der Waals surface area (Å²) >= 11 is 0. The van der Waals surface area contributed by atoms with Crippen LogP contribution in [0.1, 0.15) is 12.8 Å². The Bertz CT molecular complexity index is 184. The SMILES string of the molecule is COCCC(N)C(=O)NC(CCO)COC. The second-order valence-corrected chi connectivity index (χ2v) is 3.56. The van der Waals surface area contributed by atoms with Crippen molar-refractivity contribution in [3.63, 3.8) is 0 Å². The van der Waals surface area contributed by atoms with Gasteiger partial charge in [-0.15, -0.1) is 0 Å². The van der Waals surface area contributed by atoms with E-state index in [-0.39, 0.29) is 18.6 Å². The van der Waals surface area contributed by atoms with Crippen LogP contribution in [0.3, 0.4) is 0 Å². The highest BCUT2D eigenvalue weighted by Gasteiger charge is 2.17. The van der Waals surface area contributed by atoms with Gasteiger partial charge in [0.15, 0.2) is 0 Å². The average Bonchev–Trinajstić information content (AvgIpc) is 2.26. The van der Waals surface area contributed by atoms with Crippen molar-refractivity contribution < 1.29 is 19.4 Å². The molecule has 0 aromatic rings. The number of amides is 1. The van der Waals surface area contributed by atoms with Gasteiger partial charge < -0.3 is 25.6 Å². The van der Waals surface area contributed by atoms with Crippen molar-refractivity contribution in [3.8, 4) is 0 Å². The lowest BCUT2D eigenvalue weighted by Gasteiger charge is -2.19. The normalized spacial score (nSPS) is 14.5. The van der Waals surface area contributed by atoms with Crippen molar-refractivity contribution in [2.24, 2.45) is 5.73 Å². The third kappa shape index (κ3) is 6.73. The van der Waals surface area contributed by atoms with Crippen LogP contribution in [-0.2, 0) is 14.3 Å². The maximum atomic E-state index is 11.6. The summed E-state index contributed by atoms with van der Waals surface area (Å²) in [6, 6.07) is -0.783. The molecule has 1 amide bonds. The molecule has 16 heavy (non-hydrogen) atoms. The van der Waals surface area contributed by atoms with Crippen LogP contribution in [-0.4, -0.2) is 57.1 Å². The van der Waals surface area contributed by atoms with Crippen molar-refractivity contribution in [2.75, 3.05) is 34.0 Å². The molecule has 6 heteroatoms. The Kier molecular flexibility index (Phi) is 9.12. The molecule has 0 aromatic carbocycles. The van der Waals surface area contributed by atoms with Gasteiger partial charge in [0.1, 0.15) is 0 Å². The van der Waals surface area contributed by atoms with Crippen molar-refractivity contribution in [1.82, 2.24) is 5.32 Å². The summed E-state index contributed by atoms with van der Waals surface area (Å²) in [5.74, 6) is -0.243. The van der Waals surface area contributed by atoms with E-state index in [9.17, 15) is 4.79 Å². The van der Waals surface area contributed by atoms with Crippen LogP contribution in [0, 0.1) is 0 Å². The van der Waals surface area contributed by atoms with Gasteiger partial charge in [-0.1, -0.05) is 0 Å². The van der Waals surface area contributed by atoms with Crippen molar-refractivity contribution in [1.29, 1.82) is 0 Å². The number of rotatable bonds is 9. The molecule has 0 saturated carbocycles. The van der Waals surface area contributed by atoms with Gasteiger partial charge in [0.25, 0.3) is 0 Å². The topological polar surface area (TPSA) is 93.8 Å². The summed E-state index contributed by atoms with van der Waals surface area (Å²) in [4.78, 5) is 11.6. The number of nitrogens with one attached hydrogen (secondary N) is 1. The molecule has 0 spiro atoms. The molecule has 2 atom stereocenters. The number of carbonyl (C=O) groups is 1. The Morgan fingerprint density at radius 1 is 1.38 bits per heavy atom. The molecule has 0 aromatic heterocycles. The van der Waals surface area contributed by atoms with Gasteiger partial charge in [-0.05, 0) is 12.8 Å². The summed E-state index contributed by atoms with van der Waals surface area (Å²) in [6.07, 6.45) is 0.928. The van der Waals surface area contributed by atoms with E-state index >= 15 is 0 Å². The highest BCUT2D eigenvalue weighted by Crippen LogP contribution is 1.95. The predicted octanol–water partition coefficient (Wildman–Crippen LogP) is -1.14. The van der Waals surface area contributed by atoms with E-state index in [0.717, 1.165) is 0 Å². The smallest absolute Gasteiger partial charge is 0.237 e. The molecule has 0 radical (unpaired) electrons. The number of hydrogen-bond donors (Lipinski definition) is 3. The number of aliphatic hydroxyl groups excluding tert-OH is 1. The maximum absolute atomic E-state index is 11.6. The summed E-state index contributed by atoms with van der Waals surface area (Å²) in [5, 5.41) is 11.5. The van der Waals surface area contributed by atoms with Gasteiger partial charge in [0, 0.05) is 27.4 Å². The van der Waals surface area contributed by atoms with Gasteiger partial charge in [-0.25, -0.2) is 0 Å². The lowest BCUT2D eigenvalue weighted by atomic mass is 10.1. The molecular weight excluding hydrogens is 212 g/mol. The Balaban J connectivity index is 3.96. The molecule has 0 heterocycles. The molecule has 4 N–H and O–H groups in total. The molecule has 0 aliphatic rings. The van der Waals surface area contributed by atoms with Crippen LogP contribution in [0.25, 0.3) is 0 Å². The van der Waals surface area contributed by atoms with E-state index in [1.54, 1.807) is 14.2 Å². The van der Waals surface area contributed by atoms with Crippen LogP contribution in [0.4, 0.5) is 0 Å². The monoisotopic (exact) mass is 234 g/mol. The molecule has 0 rings (SSSR count). The van der Waals surface area contributed by atoms with E-state index in [0.29, 0.717) is 26.1 Å². The van der Waals surface area contributed by atoms with E-state index in [1.807, 2.05) is 0 Å². The number of carbonyl (C=O) groups excluding carboxylic acids is 1. The van der Waals surface area contributed by atoms with Gasteiger partial charge in [0.05, 0.1) is 18.7 Å². The minimum atomic E-state index is -0.585. The first-order valence-corrected chi connectivity index (χ1v) is 5.30. The second kappa shape index (κ2) is 9.53. The standard InChI is InChI=1S/C10H22N2O4/c1-15-6-4-9(11)10(14)12-8(3-5-13)7-16-2/h8-9,13H,3-7,11H2,1-2H3,(H,12,14). The Labute approximate surface area is 96.1 Å². The number of aliphatic hydroxyl groups is 1. The van der Waals surface area contributed by atoms with Crippen molar-refractivity contribution in [2.45, 2.75) is 24.9 Å². The number of hydrogen-bond acceptors (Lipinski definition) is 5. The predicted molar refractivity (Wildman–Crippen MR) is 60.0 cm³/mol. The minimum Gasteiger partial charge on any atom is -0.396 e. The average molecular weight is 234 g/mol. The molecule has 6 nitrogen and oxygen atoms in total. The molecule has 0 saturated heterocycles. The van der Waals surface area contributed by atoms with E-state index < -0.39 is 6.04 Å². The summed E-state index contributed by atoms with van der Waals surface area (Å²) in [6.45, 7) is 0.814. The third-order valence-electron chi connectivity index (χ3n) is 2.16. The van der Waals surface area contributed by atoms with Crippen LogP contribution in [0.5, 0.6) is 0 Å². The van der Waals surface area contributed by atoms with E-state index in [2.05, 4.69) is 5.32 Å². The van der Waals surface area contributed by atoms with Crippen LogP contribution < -0.4 is 11.1 Å². The fraction of sp³-hybridized carbons (Fsp3) is 0.900. The molecule has 0 fully saturated rings. The number of nitrogens with two attached hydrogens (primary N) is 1. The van der Waals surface area contributed by atoms with Crippen molar-refractivity contribution >= 4 is 5.91 Å². The first kappa shape index (κ1) is 15.3. The summed E-state index contributed by atoms with van der Waals surface area (Å²) < 4.78 is 9.76. The largest absolute Gasteiger partial charge is 0.396 e. The second-order valence-electron chi connectivity index (χ2n) is 3.56. The van der Waals surface area contributed by atoms with Crippen LogP contribution in [0.15, 0.2) is 0 Å². The zero-order valence-corrected chi connectivity index (χ0v) is 9.94. The quantitative estimate of drug-likeness (QED) is 0.469. The van der Waals surface area contributed by atoms with Gasteiger partial charge in [-0.2, -0.15) is 0 Å². The molecule has 0 bridgehead atoms. The maximum Gasteiger partial charge on any atom is 0.237 e. The zero-order chi connectivity index (χ0) is 12.4. The minimum absolute atomic E-state index is 0.00160. The van der Waals surface area contributed by atoms with E-state index in [4.69, 9.17) is 20.3 Å². The zero-order valence-electron chi connectivity index (χ0n) is 9.94. The lowest BCUT2D eigenvalue weighted by Crippen LogP contribution is -2.47. The van der Waals surface area contributed by atoms with Crippen LogP contribution >= 0.6 is 0 Å². The molecule has 96 valence electrons. The van der Waals surface area contributed by atoms with Gasteiger partial charge in [0.2, 0.25) is 5.91 Å². The highest BCUT2D eigenvalue weighted by atomic mass is 16.5. The molecular formula is C10H22N2O4. The summed E-state index contributed by atoms with van der Waals surface area (Å²) in [7, 11) is 3.10.